The van der Waals surface area contributed by atoms with Crippen molar-refractivity contribution in [2.75, 3.05) is 0 Å². The molecule has 0 aromatic heterocycles. The van der Waals surface area contributed by atoms with Gasteiger partial charge in [0.2, 0.25) is 0 Å². The maximum atomic E-state index is 10.7. The molecular formula is C21H46O3Si. The summed E-state index contributed by atoms with van der Waals surface area (Å²) in [5.74, 6) is -0.510. The summed E-state index contributed by atoms with van der Waals surface area (Å²) >= 11 is 0. The summed E-state index contributed by atoms with van der Waals surface area (Å²) in [6.07, 6.45) is 20.0. The van der Waals surface area contributed by atoms with Crippen molar-refractivity contribution in [3.8, 4) is 0 Å². The van der Waals surface area contributed by atoms with Crippen LogP contribution in [0.4, 0.5) is 0 Å². The molecule has 0 atom stereocenters. The van der Waals surface area contributed by atoms with E-state index >= 15 is 0 Å². The van der Waals surface area contributed by atoms with Crippen LogP contribution in [-0.4, -0.2) is 20.0 Å². The molecule has 0 radical (unpaired) electrons. The lowest BCUT2D eigenvalue weighted by molar-refractivity contribution is -0.234. The van der Waals surface area contributed by atoms with Crippen LogP contribution in [0.5, 0.6) is 0 Å². The molecule has 0 saturated heterocycles. The largest absolute Gasteiger partial charge is 0.342 e. The molecule has 0 aliphatic rings. The van der Waals surface area contributed by atoms with Gasteiger partial charge in [0.15, 0.2) is 0 Å². The van der Waals surface area contributed by atoms with E-state index in [-0.39, 0.29) is 8.80 Å². The van der Waals surface area contributed by atoms with E-state index < -0.39 is 5.97 Å². The number of hydrogen-bond acceptors (Lipinski definition) is 3. The van der Waals surface area contributed by atoms with Crippen molar-refractivity contribution in [3.63, 3.8) is 0 Å². The Morgan fingerprint density at radius 2 is 0.960 bits per heavy atom. The van der Waals surface area contributed by atoms with Crippen LogP contribution in [0.1, 0.15) is 110 Å². The first-order valence-electron chi connectivity index (χ1n) is 10.9. The van der Waals surface area contributed by atoms with Crippen LogP contribution in [0.15, 0.2) is 0 Å². The second-order valence-corrected chi connectivity index (χ2v) is 11.4. The summed E-state index contributed by atoms with van der Waals surface area (Å²) < 4.78 is 0. The number of rotatable bonds is 16. The molecule has 1 N–H and O–H groups in total. The first-order chi connectivity index (χ1) is 12.0. The maximum Gasteiger partial charge on any atom is 0.342 e. The van der Waals surface area contributed by atoms with Crippen LogP contribution in [0.25, 0.3) is 0 Å². The van der Waals surface area contributed by atoms with E-state index in [2.05, 4.69) is 31.5 Å². The number of unbranched alkanes of at least 4 members (excludes halogenated alkanes) is 14. The standard InChI is InChI=1S/C18H36O3.C3H10Si/c1-2-3-4-5-6-7-8-9-10-11-12-13-14-15-16-17-18(19)21-20;1-4(2)3/h20H,2-17H2,1H3;4H,1-3H3. The average molecular weight is 375 g/mol. The monoisotopic (exact) mass is 374 g/mol. The Labute approximate surface area is 159 Å². The minimum atomic E-state index is -0.510. The zero-order valence-electron chi connectivity index (χ0n) is 17.7. The molecule has 0 amide bonds. The van der Waals surface area contributed by atoms with E-state index in [4.69, 9.17) is 5.26 Å². The Morgan fingerprint density at radius 1 is 0.680 bits per heavy atom. The highest BCUT2D eigenvalue weighted by molar-refractivity contribution is 6.54. The van der Waals surface area contributed by atoms with Gasteiger partial charge >= 0.3 is 5.97 Å². The van der Waals surface area contributed by atoms with E-state index in [1.807, 2.05) is 0 Å². The molecule has 25 heavy (non-hydrogen) atoms. The van der Waals surface area contributed by atoms with Crippen LogP contribution < -0.4 is 0 Å². The summed E-state index contributed by atoms with van der Waals surface area (Å²) in [6, 6.07) is 0. The third-order valence-corrected chi connectivity index (χ3v) is 4.09. The summed E-state index contributed by atoms with van der Waals surface area (Å²) in [6.45, 7) is 9.18. The van der Waals surface area contributed by atoms with Gasteiger partial charge in [0, 0.05) is 15.2 Å². The van der Waals surface area contributed by atoms with E-state index in [1.54, 1.807) is 0 Å². The highest BCUT2D eigenvalue weighted by Crippen LogP contribution is 2.13. The van der Waals surface area contributed by atoms with Crippen LogP contribution in [-0.2, 0) is 9.68 Å². The van der Waals surface area contributed by atoms with Crippen LogP contribution in [0.3, 0.4) is 0 Å². The molecule has 0 aliphatic heterocycles. The minimum absolute atomic E-state index is 0.139. The van der Waals surface area contributed by atoms with E-state index in [9.17, 15) is 4.79 Å². The summed E-state index contributed by atoms with van der Waals surface area (Å²) in [4.78, 5) is 14.3. The predicted octanol–water partition coefficient (Wildman–Crippen LogP) is 7.37. The molecule has 0 aliphatic carbocycles. The topological polar surface area (TPSA) is 46.5 Å². The third-order valence-electron chi connectivity index (χ3n) is 4.09. The quantitative estimate of drug-likeness (QED) is 0.133. The van der Waals surface area contributed by atoms with Crippen molar-refractivity contribution < 1.29 is 14.9 Å². The molecule has 3 nitrogen and oxygen atoms in total. The fourth-order valence-electron chi connectivity index (χ4n) is 2.69. The Balaban J connectivity index is 0. The fourth-order valence-corrected chi connectivity index (χ4v) is 2.69. The van der Waals surface area contributed by atoms with Gasteiger partial charge in [-0.25, -0.2) is 4.79 Å². The predicted molar refractivity (Wildman–Crippen MR) is 113 cm³/mol. The summed E-state index contributed by atoms with van der Waals surface area (Å²) in [7, 11) is -0.139. The van der Waals surface area contributed by atoms with E-state index in [0.29, 0.717) is 6.42 Å². The highest BCUT2D eigenvalue weighted by Gasteiger charge is 2.00. The van der Waals surface area contributed by atoms with Crippen molar-refractivity contribution in [1.82, 2.24) is 0 Å². The molecule has 0 bridgehead atoms. The van der Waals surface area contributed by atoms with E-state index in [0.717, 1.165) is 12.8 Å². The molecular weight excluding hydrogens is 328 g/mol. The second-order valence-electron chi connectivity index (χ2n) is 7.90. The molecule has 152 valence electrons. The van der Waals surface area contributed by atoms with Gasteiger partial charge in [0.05, 0.1) is 0 Å². The molecule has 0 fully saturated rings. The Hall–Kier alpha value is -0.353. The van der Waals surface area contributed by atoms with Gasteiger partial charge in [0.25, 0.3) is 0 Å². The first-order valence-corrected chi connectivity index (χ1v) is 14.3. The smallest absolute Gasteiger partial charge is 0.301 e. The Morgan fingerprint density at radius 3 is 1.24 bits per heavy atom. The molecule has 4 heteroatoms. The zero-order chi connectivity index (χ0) is 19.2. The van der Waals surface area contributed by atoms with E-state index in [1.165, 1.54) is 83.5 Å². The lowest BCUT2D eigenvalue weighted by Gasteiger charge is -2.03. The van der Waals surface area contributed by atoms with Gasteiger partial charge in [-0.05, 0) is 6.42 Å². The van der Waals surface area contributed by atoms with Gasteiger partial charge < -0.3 is 4.89 Å². The second kappa shape index (κ2) is 23.6. The normalized spacial score (nSPS) is 10.5. The molecule has 0 rings (SSSR count). The minimum Gasteiger partial charge on any atom is -0.301 e. The number of hydrogen-bond donors (Lipinski definition) is 1. The third kappa shape index (κ3) is 31.9. The fraction of sp³-hybridized carbons (Fsp3) is 0.952. The highest BCUT2D eigenvalue weighted by atomic mass is 28.3. The Kier molecular flexibility index (Phi) is 25.4. The van der Waals surface area contributed by atoms with Gasteiger partial charge in [-0.15, -0.1) is 0 Å². The van der Waals surface area contributed by atoms with Crippen molar-refractivity contribution in [3.05, 3.63) is 0 Å². The summed E-state index contributed by atoms with van der Waals surface area (Å²) in [5, 5.41) is 8.10. The lowest BCUT2D eigenvalue weighted by atomic mass is 10.0. The lowest BCUT2D eigenvalue weighted by Crippen LogP contribution is -1.99. The Bertz CT molecular complexity index is 255. The van der Waals surface area contributed by atoms with Gasteiger partial charge in [-0.2, -0.15) is 5.26 Å². The van der Waals surface area contributed by atoms with Crippen molar-refractivity contribution in [1.29, 1.82) is 0 Å². The molecule has 0 saturated carbocycles. The average Bonchev–Trinajstić information content (AvgIpc) is 2.57. The molecule has 0 spiro atoms. The molecule has 0 heterocycles. The molecule has 0 aromatic rings. The van der Waals surface area contributed by atoms with Crippen molar-refractivity contribution >= 4 is 14.8 Å². The number of carbonyl (C=O) groups is 1. The number of carbonyl (C=O) groups excluding carboxylic acids is 1. The summed E-state index contributed by atoms with van der Waals surface area (Å²) in [5.41, 5.74) is 0. The first kappa shape index (κ1) is 26.9. The van der Waals surface area contributed by atoms with Crippen LogP contribution in [0.2, 0.25) is 19.6 Å². The van der Waals surface area contributed by atoms with Crippen LogP contribution >= 0.6 is 0 Å². The van der Waals surface area contributed by atoms with Crippen LogP contribution in [0, 0.1) is 0 Å². The van der Waals surface area contributed by atoms with Gasteiger partial charge in [0.1, 0.15) is 0 Å². The maximum absolute atomic E-state index is 10.7. The zero-order valence-corrected chi connectivity index (χ0v) is 18.8. The van der Waals surface area contributed by atoms with Gasteiger partial charge in [-0.3, -0.25) is 0 Å². The van der Waals surface area contributed by atoms with Crippen molar-refractivity contribution in [2.24, 2.45) is 0 Å². The SMILES string of the molecule is CCCCCCCCCCCCCCCCCC(=O)OO.C[SiH](C)C. The van der Waals surface area contributed by atoms with Gasteiger partial charge in [-0.1, -0.05) is 116 Å². The molecule has 0 aromatic carbocycles. The molecule has 0 unspecified atom stereocenters. The van der Waals surface area contributed by atoms with Crippen molar-refractivity contribution in [2.45, 2.75) is 129 Å².